The van der Waals surface area contributed by atoms with Crippen molar-refractivity contribution in [3.05, 3.63) is 23.8 Å². The van der Waals surface area contributed by atoms with Crippen molar-refractivity contribution in [1.82, 2.24) is 0 Å². The van der Waals surface area contributed by atoms with Crippen LogP contribution in [-0.4, -0.2) is 19.0 Å². The van der Waals surface area contributed by atoms with Crippen LogP contribution in [0.2, 0.25) is 0 Å². The van der Waals surface area contributed by atoms with Crippen LogP contribution in [0.1, 0.15) is 18.9 Å². The lowest BCUT2D eigenvalue weighted by molar-refractivity contribution is -0.122. The number of ether oxygens (including phenoxy) is 2. The molecule has 1 heterocycles. The Morgan fingerprint density at radius 1 is 1.20 bits per heavy atom. The van der Waals surface area contributed by atoms with Gasteiger partial charge < -0.3 is 9.47 Å². The van der Waals surface area contributed by atoms with Gasteiger partial charge in [0.2, 0.25) is 5.78 Å². The highest BCUT2D eigenvalue weighted by Crippen LogP contribution is 2.30. The lowest BCUT2D eigenvalue weighted by Crippen LogP contribution is -2.15. The Bertz CT molecular complexity index is 371. The molecule has 0 aliphatic carbocycles. The summed E-state index contributed by atoms with van der Waals surface area (Å²) in [6, 6.07) is 5.85. The van der Waals surface area contributed by atoms with Crippen molar-refractivity contribution in [3.63, 3.8) is 0 Å². The molecule has 0 N–H and O–H groups in total. The lowest BCUT2D eigenvalue weighted by Gasteiger charge is -2.07. The SMILES string of the molecule is CCCc1ccc2c(c1)OCC(=O)CO2. The van der Waals surface area contributed by atoms with Crippen molar-refractivity contribution in [2.45, 2.75) is 19.8 Å². The Morgan fingerprint density at radius 2 is 1.93 bits per heavy atom. The fraction of sp³-hybridized carbons (Fsp3) is 0.417. The third kappa shape index (κ3) is 2.29. The first kappa shape index (κ1) is 10.0. The normalized spacial score (nSPS) is 14.9. The van der Waals surface area contributed by atoms with Gasteiger partial charge in [-0.25, -0.2) is 0 Å². The second-order valence-electron chi connectivity index (χ2n) is 3.65. The summed E-state index contributed by atoms with van der Waals surface area (Å²) >= 11 is 0. The highest BCUT2D eigenvalue weighted by molar-refractivity contribution is 5.82. The smallest absolute Gasteiger partial charge is 0.207 e. The molecular weight excluding hydrogens is 192 g/mol. The first-order chi connectivity index (χ1) is 7.29. The average molecular weight is 206 g/mol. The number of benzene rings is 1. The molecular formula is C12H14O3. The molecule has 0 bridgehead atoms. The monoisotopic (exact) mass is 206 g/mol. The molecule has 0 atom stereocenters. The van der Waals surface area contributed by atoms with Crippen molar-refractivity contribution in [1.29, 1.82) is 0 Å². The molecule has 0 aromatic heterocycles. The number of carbonyl (C=O) groups excluding carboxylic acids is 1. The number of rotatable bonds is 2. The summed E-state index contributed by atoms with van der Waals surface area (Å²) in [4.78, 5) is 11.1. The predicted molar refractivity (Wildman–Crippen MR) is 56.4 cm³/mol. The van der Waals surface area contributed by atoms with Crippen LogP contribution < -0.4 is 9.47 Å². The number of Topliss-reactive ketones (excluding diaryl/α,β-unsaturated/α-hetero) is 1. The van der Waals surface area contributed by atoms with Gasteiger partial charge in [-0.1, -0.05) is 19.4 Å². The van der Waals surface area contributed by atoms with E-state index in [9.17, 15) is 4.79 Å². The fourth-order valence-corrected chi connectivity index (χ4v) is 1.59. The van der Waals surface area contributed by atoms with Gasteiger partial charge in [-0.15, -0.1) is 0 Å². The summed E-state index contributed by atoms with van der Waals surface area (Å²) in [6.07, 6.45) is 2.11. The molecule has 1 aliphatic rings. The van der Waals surface area contributed by atoms with E-state index < -0.39 is 0 Å². The Kier molecular flexibility index (Phi) is 2.90. The van der Waals surface area contributed by atoms with Crippen molar-refractivity contribution >= 4 is 5.78 Å². The highest BCUT2D eigenvalue weighted by atomic mass is 16.5. The van der Waals surface area contributed by atoms with E-state index in [1.165, 1.54) is 5.56 Å². The maximum Gasteiger partial charge on any atom is 0.207 e. The lowest BCUT2D eigenvalue weighted by atomic mass is 10.1. The molecule has 3 heteroatoms. The van der Waals surface area contributed by atoms with Gasteiger partial charge >= 0.3 is 0 Å². The summed E-state index contributed by atoms with van der Waals surface area (Å²) in [6.45, 7) is 2.36. The number of fused-ring (bicyclic) bond motifs is 1. The first-order valence-electron chi connectivity index (χ1n) is 5.20. The minimum atomic E-state index is -0.0248. The third-order valence-electron chi connectivity index (χ3n) is 2.32. The van der Waals surface area contributed by atoms with E-state index >= 15 is 0 Å². The molecule has 2 rings (SSSR count). The maximum atomic E-state index is 11.1. The number of hydrogen-bond donors (Lipinski definition) is 0. The number of ketones is 1. The summed E-state index contributed by atoms with van der Waals surface area (Å²) in [5.41, 5.74) is 1.22. The molecule has 1 aromatic carbocycles. The molecule has 0 saturated heterocycles. The third-order valence-corrected chi connectivity index (χ3v) is 2.32. The van der Waals surface area contributed by atoms with Crippen LogP contribution in [0.15, 0.2) is 18.2 Å². The molecule has 15 heavy (non-hydrogen) atoms. The number of carbonyl (C=O) groups is 1. The molecule has 0 fully saturated rings. The van der Waals surface area contributed by atoms with Crippen molar-refractivity contribution in [3.8, 4) is 11.5 Å². The molecule has 1 aliphatic heterocycles. The number of aryl methyl sites for hydroxylation is 1. The molecule has 3 nitrogen and oxygen atoms in total. The van der Waals surface area contributed by atoms with Gasteiger partial charge in [0.05, 0.1) is 0 Å². The summed E-state index contributed by atoms with van der Waals surface area (Å²) in [7, 11) is 0. The van der Waals surface area contributed by atoms with Crippen LogP contribution in [0, 0.1) is 0 Å². The second-order valence-corrected chi connectivity index (χ2v) is 3.65. The van der Waals surface area contributed by atoms with Gasteiger partial charge in [0, 0.05) is 0 Å². The van der Waals surface area contributed by atoms with E-state index in [2.05, 4.69) is 6.92 Å². The minimum absolute atomic E-state index is 0.0248. The largest absolute Gasteiger partial charge is 0.482 e. The quantitative estimate of drug-likeness (QED) is 0.742. The first-order valence-corrected chi connectivity index (χ1v) is 5.20. The van der Waals surface area contributed by atoms with E-state index in [4.69, 9.17) is 9.47 Å². The Hall–Kier alpha value is -1.51. The zero-order valence-corrected chi connectivity index (χ0v) is 8.79. The second kappa shape index (κ2) is 4.34. The van der Waals surface area contributed by atoms with Gasteiger partial charge in [0.25, 0.3) is 0 Å². The minimum Gasteiger partial charge on any atom is -0.482 e. The predicted octanol–water partition coefficient (Wildman–Crippen LogP) is 1.98. The van der Waals surface area contributed by atoms with E-state index in [1.807, 2.05) is 18.2 Å². The van der Waals surface area contributed by atoms with Crippen LogP contribution in [0.4, 0.5) is 0 Å². The van der Waals surface area contributed by atoms with Crippen LogP contribution in [0.5, 0.6) is 11.5 Å². The topological polar surface area (TPSA) is 35.5 Å². The summed E-state index contributed by atoms with van der Waals surface area (Å²) in [5, 5.41) is 0. The molecule has 0 amide bonds. The zero-order chi connectivity index (χ0) is 10.7. The Labute approximate surface area is 89.0 Å². The fourth-order valence-electron chi connectivity index (χ4n) is 1.59. The van der Waals surface area contributed by atoms with Gasteiger partial charge in [-0.3, -0.25) is 4.79 Å². The van der Waals surface area contributed by atoms with E-state index in [0.29, 0.717) is 11.5 Å². The Morgan fingerprint density at radius 3 is 2.67 bits per heavy atom. The molecule has 0 unspecified atom stereocenters. The molecule has 0 radical (unpaired) electrons. The maximum absolute atomic E-state index is 11.1. The summed E-state index contributed by atoms with van der Waals surface area (Å²) < 4.78 is 10.7. The van der Waals surface area contributed by atoms with Crippen molar-refractivity contribution in [2.75, 3.05) is 13.2 Å². The van der Waals surface area contributed by atoms with Crippen LogP contribution in [0.3, 0.4) is 0 Å². The molecule has 0 spiro atoms. The van der Waals surface area contributed by atoms with Gasteiger partial charge in [-0.2, -0.15) is 0 Å². The zero-order valence-electron chi connectivity index (χ0n) is 8.79. The average Bonchev–Trinajstić information content (AvgIpc) is 2.42. The van der Waals surface area contributed by atoms with Gasteiger partial charge in [0.15, 0.2) is 24.7 Å². The van der Waals surface area contributed by atoms with E-state index in [1.54, 1.807) is 0 Å². The van der Waals surface area contributed by atoms with Crippen LogP contribution in [0.25, 0.3) is 0 Å². The molecule has 1 aromatic rings. The van der Waals surface area contributed by atoms with E-state index in [0.717, 1.165) is 12.8 Å². The van der Waals surface area contributed by atoms with Crippen LogP contribution >= 0.6 is 0 Å². The molecule has 0 saturated carbocycles. The molecule has 80 valence electrons. The van der Waals surface area contributed by atoms with Gasteiger partial charge in [0.1, 0.15) is 0 Å². The van der Waals surface area contributed by atoms with Crippen LogP contribution in [-0.2, 0) is 11.2 Å². The highest BCUT2D eigenvalue weighted by Gasteiger charge is 2.15. The Balaban J connectivity index is 2.24. The number of hydrogen-bond acceptors (Lipinski definition) is 3. The van der Waals surface area contributed by atoms with E-state index in [-0.39, 0.29) is 19.0 Å². The van der Waals surface area contributed by atoms with Crippen molar-refractivity contribution < 1.29 is 14.3 Å². The standard InChI is InChI=1S/C12H14O3/c1-2-3-9-4-5-11-12(6-9)15-8-10(13)7-14-11/h4-6H,2-3,7-8H2,1H3. The van der Waals surface area contributed by atoms with Crippen molar-refractivity contribution in [2.24, 2.45) is 0 Å². The van der Waals surface area contributed by atoms with Gasteiger partial charge in [-0.05, 0) is 24.1 Å². The summed E-state index contributed by atoms with van der Waals surface area (Å²) in [5.74, 6) is 1.33.